The molecular formula is C17H23N3O2S. The first-order valence-corrected chi connectivity index (χ1v) is 9.38. The van der Waals surface area contributed by atoms with Gasteiger partial charge >= 0.3 is 0 Å². The molecule has 5 nitrogen and oxygen atoms in total. The van der Waals surface area contributed by atoms with Crippen LogP contribution in [0.4, 0.5) is 5.69 Å². The Bertz CT molecular complexity index is 567. The molecule has 1 aromatic rings. The quantitative estimate of drug-likeness (QED) is 0.886. The van der Waals surface area contributed by atoms with Crippen molar-refractivity contribution < 1.29 is 9.59 Å². The molecule has 2 fully saturated rings. The molecular weight excluding hydrogens is 310 g/mol. The summed E-state index contributed by atoms with van der Waals surface area (Å²) in [6, 6.07) is 7.29. The molecule has 1 aromatic carbocycles. The van der Waals surface area contributed by atoms with E-state index in [2.05, 4.69) is 10.6 Å². The fourth-order valence-corrected chi connectivity index (χ4v) is 3.90. The maximum Gasteiger partial charge on any atom is 0.253 e. The molecule has 2 amide bonds. The Balaban J connectivity index is 1.64. The van der Waals surface area contributed by atoms with Crippen molar-refractivity contribution in [3.63, 3.8) is 0 Å². The molecule has 2 heterocycles. The maximum atomic E-state index is 12.5. The van der Waals surface area contributed by atoms with Gasteiger partial charge in [-0.1, -0.05) is 6.07 Å². The van der Waals surface area contributed by atoms with Crippen molar-refractivity contribution in [1.82, 2.24) is 10.2 Å². The van der Waals surface area contributed by atoms with Crippen LogP contribution in [0.1, 0.15) is 23.2 Å². The van der Waals surface area contributed by atoms with Crippen LogP contribution in [0.3, 0.4) is 0 Å². The molecule has 1 unspecified atom stereocenters. The second-order valence-electron chi connectivity index (χ2n) is 6.02. The van der Waals surface area contributed by atoms with E-state index >= 15 is 0 Å². The van der Waals surface area contributed by atoms with Crippen molar-refractivity contribution in [3.8, 4) is 0 Å². The standard InChI is InChI=1S/C17H23N3O2S/c21-16(14-4-2-6-18-12-14)19-15-5-1-3-13(11-15)17(22)20-7-9-23-10-8-20/h1,3,5,11,14,18H,2,4,6-10,12H2,(H,19,21). The number of hydrogen-bond acceptors (Lipinski definition) is 4. The SMILES string of the molecule is O=C(Nc1cccc(C(=O)N2CCSCC2)c1)C1CCCNC1. The lowest BCUT2D eigenvalue weighted by Crippen LogP contribution is -2.38. The van der Waals surface area contributed by atoms with Crippen LogP contribution in [-0.2, 0) is 4.79 Å². The summed E-state index contributed by atoms with van der Waals surface area (Å²) >= 11 is 1.88. The average molecular weight is 333 g/mol. The number of nitrogens with one attached hydrogen (secondary N) is 2. The van der Waals surface area contributed by atoms with Gasteiger partial charge in [0, 0.05) is 42.4 Å². The van der Waals surface area contributed by atoms with Crippen LogP contribution in [-0.4, -0.2) is 54.4 Å². The van der Waals surface area contributed by atoms with Crippen molar-refractivity contribution in [1.29, 1.82) is 0 Å². The Morgan fingerprint density at radius 3 is 2.83 bits per heavy atom. The van der Waals surface area contributed by atoms with E-state index in [1.807, 2.05) is 34.9 Å². The molecule has 0 aromatic heterocycles. The Labute approximate surface area is 141 Å². The minimum atomic E-state index is 0.0160. The summed E-state index contributed by atoms with van der Waals surface area (Å²) in [5, 5.41) is 6.21. The highest BCUT2D eigenvalue weighted by Gasteiger charge is 2.22. The first-order chi connectivity index (χ1) is 11.2. The van der Waals surface area contributed by atoms with E-state index in [4.69, 9.17) is 0 Å². The van der Waals surface area contributed by atoms with Gasteiger partial charge in [-0.3, -0.25) is 9.59 Å². The molecule has 2 aliphatic rings. The van der Waals surface area contributed by atoms with Gasteiger partial charge < -0.3 is 15.5 Å². The van der Waals surface area contributed by atoms with Crippen molar-refractivity contribution in [2.75, 3.05) is 43.0 Å². The van der Waals surface area contributed by atoms with Crippen molar-refractivity contribution >= 4 is 29.3 Å². The highest BCUT2D eigenvalue weighted by molar-refractivity contribution is 7.99. The molecule has 0 aliphatic carbocycles. The Kier molecular flexibility index (Phi) is 5.56. The van der Waals surface area contributed by atoms with Gasteiger partial charge in [-0.25, -0.2) is 0 Å². The van der Waals surface area contributed by atoms with E-state index in [1.54, 1.807) is 6.07 Å². The number of carbonyl (C=O) groups excluding carboxylic acids is 2. The van der Waals surface area contributed by atoms with Gasteiger partial charge in [0.15, 0.2) is 0 Å². The number of carbonyl (C=O) groups is 2. The lowest BCUT2D eigenvalue weighted by atomic mass is 9.98. The first-order valence-electron chi connectivity index (χ1n) is 8.23. The smallest absolute Gasteiger partial charge is 0.253 e. The van der Waals surface area contributed by atoms with Gasteiger partial charge in [0.1, 0.15) is 0 Å². The van der Waals surface area contributed by atoms with Gasteiger partial charge in [-0.2, -0.15) is 11.8 Å². The van der Waals surface area contributed by atoms with E-state index in [0.29, 0.717) is 11.3 Å². The van der Waals surface area contributed by atoms with Gasteiger partial charge in [0.05, 0.1) is 5.92 Å². The summed E-state index contributed by atoms with van der Waals surface area (Å²) in [6.07, 6.45) is 1.95. The summed E-state index contributed by atoms with van der Waals surface area (Å²) in [5.41, 5.74) is 1.36. The fourth-order valence-electron chi connectivity index (χ4n) is 3.00. The first kappa shape index (κ1) is 16.3. The predicted molar refractivity (Wildman–Crippen MR) is 93.9 cm³/mol. The monoisotopic (exact) mass is 333 g/mol. The van der Waals surface area contributed by atoms with Crippen LogP contribution >= 0.6 is 11.8 Å². The molecule has 2 N–H and O–H groups in total. The van der Waals surface area contributed by atoms with E-state index in [9.17, 15) is 9.59 Å². The fraction of sp³-hybridized carbons (Fsp3) is 0.529. The number of benzene rings is 1. The maximum absolute atomic E-state index is 12.5. The summed E-state index contributed by atoms with van der Waals surface area (Å²) in [7, 11) is 0. The topological polar surface area (TPSA) is 61.4 Å². The Hall–Kier alpha value is -1.53. The second-order valence-corrected chi connectivity index (χ2v) is 7.24. The lowest BCUT2D eigenvalue weighted by molar-refractivity contribution is -0.120. The summed E-state index contributed by atoms with van der Waals surface area (Å²) in [4.78, 5) is 26.7. The van der Waals surface area contributed by atoms with Crippen LogP contribution in [0, 0.1) is 5.92 Å². The molecule has 0 bridgehead atoms. The normalized spacial score (nSPS) is 21.7. The van der Waals surface area contributed by atoms with Gasteiger partial charge in [-0.15, -0.1) is 0 Å². The second kappa shape index (κ2) is 7.84. The van der Waals surface area contributed by atoms with Crippen LogP contribution in [0.25, 0.3) is 0 Å². The summed E-state index contributed by atoms with van der Waals surface area (Å²) < 4.78 is 0. The number of amides is 2. The van der Waals surface area contributed by atoms with Crippen molar-refractivity contribution in [2.24, 2.45) is 5.92 Å². The molecule has 0 spiro atoms. The number of anilines is 1. The number of hydrogen-bond donors (Lipinski definition) is 2. The third kappa shape index (κ3) is 4.26. The minimum absolute atomic E-state index is 0.0160. The molecule has 3 rings (SSSR count). The molecule has 23 heavy (non-hydrogen) atoms. The van der Waals surface area contributed by atoms with Gasteiger partial charge in [0.2, 0.25) is 5.91 Å². The van der Waals surface area contributed by atoms with E-state index in [1.165, 1.54) is 0 Å². The molecule has 6 heteroatoms. The highest BCUT2D eigenvalue weighted by Crippen LogP contribution is 2.18. The van der Waals surface area contributed by atoms with Crippen LogP contribution in [0.15, 0.2) is 24.3 Å². The zero-order valence-corrected chi connectivity index (χ0v) is 14.0. The largest absolute Gasteiger partial charge is 0.337 e. The summed E-state index contributed by atoms with van der Waals surface area (Å²) in [6.45, 7) is 3.32. The van der Waals surface area contributed by atoms with Gasteiger partial charge in [-0.05, 0) is 37.6 Å². The van der Waals surface area contributed by atoms with E-state index in [0.717, 1.165) is 50.5 Å². The molecule has 0 saturated carbocycles. The summed E-state index contributed by atoms with van der Waals surface area (Å²) in [5.74, 6) is 2.10. The van der Waals surface area contributed by atoms with E-state index < -0.39 is 0 Å². The van der Waals surface area contributed by atoms with Crippen LogP contribution in [0.2, 0.25) is 0 Å². The van der Waals surface area contributed by atoms with Crippen molar-refractivity contribution in [2.45, 2.75) is 12.8 Å². The number of piperidine rings is 1. The zero-order valence-electron chi connectivity index (χ0n) is 13.2. The Morgan fingerprint density at radius 2 is 2.09 bits per heavy atom. The van der Waals surface area contributed by atoms with Crippen LogP contribution < -0.4 is 10.6 Å². The highest BCUT2D eigenvalue weighted by atomic mass is 32.2. The van der Waals surface area contributed by atoms with E-state index in [-0.39, 0.29) is 17.7 Å². The number of nitrogens with zero attached hydrogens (tertiary/aromatic N) is 1. The van der Waals surface area contributed by atoms with Crippen molar-refractivity contribution in [3.05, 3.63) is 29.8 Å². The van der Waals surface area contributed by atoms with Crippen LogP contribution in [0.5, 0.6) is 0 Å². The third-order valence-corrected chi connectivity index (χ3v) is 5.29. The van der Waals surface area contributed by atoms with Gasteiger partial charge in [0.25, 0.3) is 5.91 Å². The molecule has 2 saturated heterocycles. The lowest BCUT2D eigenvalue weighted by Gasteiger charge is -2.26. The molecule has 124 valence electrons. The Morgan fingerprint density at radius 1 is 1.26 bits per heavy atom. The average Bonchev–Trinajstić information content (AvgIpc) is 2.63. The third-order valence-electron chi connectivity index (χ3n) is 4.34. The number of rotatable bonds is 3. The minimum Gasteiger partial charge on any atom is -0.337 e. The number of thioether (sulfide) groups is 1. The molecule has 1 atom stereocenters. The zero-order chi connectivity index (χ0) is 16.1. The molecule has 2 aliphatic heterocycles. The predicted octanol–water partition coefficient (Wildman–Crippen LogP) is 1.81. The molecule has 0 radical (unpaired) electrons.